The molecular weight excluding hydrogens is 291 g/mol. The van der Waals surface area contributed by atoms with Crippen LogP contribution < -0.4 is 10.6 Å². The molecule has 0 saturated heterocycles. The van der Waals surface area contributed by atoms with Crippen LogP contribution in [0.15, 0.2) is 48.5 Å². The fourth-order valence-corrected chi connectivity index (χ4v) is 1.95. The van der Waals surface area contributed by atoms with E-state index in [9.17, 15) is 9.18 Å². The number of hydrogen-bond donors (Lipinski definition) is 2. The van der Waals surface area contributed by atoms with E-state index in [1.54, 1.807) is 6.07 Å². The fourth-order valence-electron chi connectivity index (χ4n) is 1.83. The monoisotopic (exact) mass is 306 g/mol. The lowest BCUT2D eigenvalue weighted by molar-refractivity contribution is -0.120. The highest BCUT2D eigenvalue weighted by molar-refractivity contribution is 6.30. The summed E-state index contributed by atoms with van der Waals surface area (Å²) in [6.07, 6.45) is 0. The van der Waals surface area contributed by atoms with Crippen molar-refractivity contribution in [1.29, 1.82) is 0 Å². The third-order valence-electron chi connectivity index (χ3n) is 2.93. The summed E-state index contributed by atoms with van der Waals surface area (Å²) >= 11 is 5.61. The van der Waals surface area contributed by atoms with E-state index < -0.39 is 5.82 Å². The zero-order chi connectivity index (χ0) is 15.1. The van der Waals surface area contributed by atoms with Crippen molar-refractivity contribution < 1.29 is 9.18 Å². The molecule has 2 aromatic rings. The molecule has 2 aromatic carbocycles. The molecule has 0 bridgehead atoms. The Morgan fingerprint density at radius 3 is 2.52 bits per heavy atom. The molecule has 0 fully saturated rings. The van der Waals surface area contributed by atoms with Gasteiger partial charge in [0.25, 0.3) is 0 Å². The maximum Gasteiger partial charge on any atom is 0.234 e. The normalized spacial score (nSPS) is 10.4. The van der Waals surface area contributed by atoms with Crippen molar-refractivity contribution in [1.82, 2.24) is 10.6 Å². The molecule has 0 radical (unpaired) electrons. The molecule has 0 unspecified atom stereocenters. The van der Waals surface area contributed by atoms with E-state index in [-0.39, 0.29) is 17.5 Å². The molecule has 0 aliphatic carbocycles. The van der Waals surface area contributed by atoms with Crippen molar-refractivity contribution in [2.24, 2.45) is 0 Å². The molecule has 3 nitrogen and oxygen atoms in total. The highest BCUT2D eigenvalue weighted by atomic mass is 35.5. The Kier molecular flexibility index (Phi) is 5.72. The van der Waals surface area contributed by atoms with E-state index in [0.29, 0.717) is 13.1 Å². The predicted molar refractivity (Wildman–Crippen MR) is 81.4 cm³/mol. The molecule has 0 heterocycles. The first-order chi connectivity index (χ1) is 10.1. The quantitative estimate of drug-likeness (QED) is 0.861. The topological polar surface area (TPSA) is 41.1 Å². The van der Waals surface area contributed by atoms with Gasteiger partial charge in [-0.25, -0.2) is 4.39 Å². The van der Waals surface area contributed by atoms with Crippen LogP contribution in [0.25, 0.3) is 0 Å². The van der Waals surface area contributed by atoms with Gasteiger partial charge in [-0.3, -0.25) is 4.79 Å². The second-order valence-corrected chi connectivity index (χ2v) is 5.02. The number of amides is 1. The zero-order valence-corrected chi connectivity index (χ0v) is 12.2. The summed E-state index contributed by atoms with van der Waals surface area (Å²) in [7, 11) is 0. The summed E-state index contributed by atoms with van der Waals surface area (Å²) in [6.45, 7) is 1.08. The van der Waals surface area contributed by atoms with Gasteiger partial charge in [-0.2, -0.15) is 0 Å². The molecule has 5 heteroatoms. The van der Waals surface area contributed by atoms with Gasteiger partial charge < -0.3 is 10.6 Å². The van der Waals surface area contributed by atoms with Gasteiger partial charge in [0.15, 0.2) is 0 Å². The predicted octanol–water partition coefficient (Wildman–Crippen LogP) is 2.89. The van der Waals surface area contributed by atoms with E-state index in [2.05, 4.69) is 10.6 Å². The summed E-state index contributed by atoms with van der Waals surface area (Å²) < 4.78 is 13.2. The number of halogens is 2. The highest BCUT2D eigenvalue weighted by Crippen LogP contribution is 2.15. The van der Waals surface area contributed by atoms with Gasteiger partial charge in [-0.05, 0) is 23.3 Å². The van der Waals surface area contributed by atoms with Crippen LogP contribution >= 0.6 is 11.6 Å². The van der Waals surface area contributed by atoms with Gasteiger partial charge in [0.1, 0.15) is 5.82 Å². The maximum absolute atomic E-state index is 13.2. The molecule has 110 valence electrons. The third-order valence-corrected chi connectivity index (χ3v) is 3.24. The number of carbonyl (C=O) groups is 1. The first-order valence-corrected chi connectivity index (χ1v) is 6.98. The number of carbonyl (C=O) groups excluding carboxylic acids is 1. The molecular formula is C16H16ClFN2O. The third kappa shape index (κ3) is 5.17. The summed E-state index contributed by atoms with van der Waals surface area (Å²) in [5, 5.41) is 5.87. The van der Waals surface area contributed by atoms with Crippen LogP contribution in [-0.4, -0.2) is 12.5 Å². The van der Waals surface area contributed by atoms with E-state index in [1.807, 2.05) is 30.3 Å². The fraction of sp³-hybridized carbons (Fsp3) is 0.188. The Labute approximate surface area is 128 Å². The minimum absolute atomic E-state index is 0.0966. The van der Waals surface area contributed by atoms with Crippen molar-refractivity contribution in [3.63, 3.8) is 0 Å². The highest BCUT2D eigenvalue weighted by Gasteiger charge is 2.03. The molecule has 0 spiro atoms. The second-order valence-electron chi connectivity index (χ2n) is 4.61. The Hall–Kier alpha value is -1.91. The van der Waals surface area contributed by atoms with Crippen LogP contribution in [0, 0.1) is 5.82 Å². The van der Waals surface area contributed by atoms with Gasteiger partial charge in [0.2, 0.25) is 5.91 Å². The smallest absolute Gasteiger partial charge is 0.234 e. The van der Waals surface area contributed by atoms with Crippen LogP contribution in [-0.2, 0) is 17.9 Å². The Bertz CT molecular complexity index is 604. The van der Waals surface area contributed by atoms with E-state index in [0.717, 1.165) is 11.1 Å². The largest absolute Gasteiger partial charge is 0.351 e. The Morgan fingerprint density at radius 2 is 1.81 bits per heavy atom. The SMILES string of the molecule is O=C(CNCc1ccc(Cl)c(F)c1)NCc1ccccc1. The van der Waals surface area contributed by atoms with Gasteiger partial charge in [-0.15, -0.1) is 0 Å². The van der Waals surface area contributed by atoms with Gasteiger partial charge in [0.05, 0.1) is 11.6 Å². The molecule has 0 saturated carbocycles. The molecule has 0 aliphatic rings. The van der Waals surface area contributed by atoms with Crippen molar-refractivity contribution in [2.45, 2.75) is 13.1 Å². The van der Waals surface area contributed by atoms with Crippen molar-refractivity contribution in [2.75, 3.05) is 6.54 Å². The van der Waals surface area contributed by atoms with Gasteiger partial charge >= 0.3 is 0 Å². The van der Waals surface area contributed by atoms with Crippen LogP contribution in [0.1, 0.15) is 11.1 Å². The van der Waals surface area contributed by atoms with Crippen LogP contribution in [0.3, 0.4) is 0 Å². The van der Waals surface area contributed by atoms with Gasteiger partial charge in [0, 0.05) is 13.1 Å². The number of benzene rings is 2. The average molecular weight is 307 g/mol. The standard InChI is InChI=1S/C16H16ClFN2O/c17-14-7-6-13(8-15(14)18)9-19-11-16(21)20-10-12-4-2-1-3-5-12/h1-8,19H,9-11H2,(H,20,21). The lowest BCUT2D eigenvalue weighted by atomic mass is 10.2. The van der Waals surface area contributed by atoms with Crippen LogP contribution in [0.4, 0.5) is 4.39 Å². The zero-order valence-electron chi connectivity index (χ0n) is 11.4. The minimum Gasteiger partial charge on any atom is -0.351 e. The average Bonchev–Trinajstić information content (AvgIpc) is 2.50. The molecule has 1 amide bonds. The molecule has 21 heavy (non-hydrogen) atoms. The summed E-state index contributed by atoms with van der Waals surface area (Å²) in [5.41, 5.74) is 1.79. The minimum atomic E-state index is -0.454. The first kappa shape index (κ1) is 15.5. The number of nitrogens with one attached hydrogen (secondary N) is 2. The Morgan fingerprint density at radius 1 is 1.05 bits per heavy atom. The molecule has 2 rings (SSSR count). The summed E-state index contributed by atoms with van der Waals surface area (Å²) in [4.78, 5) is 11.7. The maximum atomic E-state index is 13.2. The molecule has 2 N–H and O–H groups in total. The summed E-state index contributed by atoms with van der Waals surface area (Å²) in [6, 6.07) is 14.3. The molecule has 0 atom stereocenters. The lowest BCUT2D eigenvalue weighted by Crippen LogP contribution is -2.33. The number of rotatable bonds is 6. The van der Waals surface area contributed by atoms with Gasteiger partial charge in [-0.1, -0.05) is 48.0 Å². The first-order valence-electron chi connectivity index (χ1n) is 6.60. The number of hydrogen-bond acceptors (Lipinski definition) is 2. The Balaban J connectivity index is 1.70. The molecule has 0 aromatic heterocycles. The van der Waals surface area contributed by atoms with Crippen molar-refractivity contribution in [3.05, 3.63) is 70.5 Å². The van der Waals surface area contributed by atoms with E-state index in [4.69, 9.17) is 11.6 Å². The lowest BCUT2D eigenvalue weighted by Gasteiger charge is -2.07. The van der Waals surface area contributed by atoms with Crippen LogP contribution in [0.2, 0.25) is 5.02 Å². The van der Waals surface area contributed by atoms with E-state index in [1.165, 1.54) is 12.1 Å². The van der Waals surface area contributed by atoms with Crippen LogP contribution in [0.5, 0.6) is 0 Å². The summed E-state index contributed by atoms with van der Waals surface area (Å²) in [5.74, 6) is -0.558. The van der Waals surface area contributed by atoms with E-state index >= 15 is 0 Å². The van der Waals surface area contributed by atoms with Crippen molar-refractivity contribution >= 4 is 17.5 Å². The second kappa shape index (κ2) is 7.76. The molecule has 0 aliphatic heterocycles. The van der Waals surface area contributed by atoms with Crippen molar-refractivity contribution in [3.8, 4) is 0 Å².